The Morgan fingerprint density at radius 3 is 2.59 bits per heavy atom. The summed E-state index contributed by atoms with van der Waals surface area (Å²) < 4.78 is 12.9. The van der Waals surface area contributed by atoms with E-state index in [4.69, 9.17) is 21.7 Å². The lowest BCUT2D eigenvalue weighted by molar-refractivity contribution is -0.143. The average Bonchev–Trinajstić information content (AvgIpc) is 3.40. The number of carbonyl (C=O) groups is 1. The quantitative estimate of drug-likeness (QED) is 0.413. The van der Waals surface area contributed by atoms with Crippen molar-refractivity contribution in [2.75, 3.05) is 19.8 Å². The number of carbonyl (C=O) groups excluding carboxylic acids is 1. The minimum absolute atomic E-state index is 0.0577. The molecule has 1 saturated heterocycles. The number of nitrogens with one attached hydrogen (secondary N) is 1. The zero-order valence-electron chi connectivity index (χ0n) is 18.1. The van der Waals surface area contributed by atoms with E-state index in [-0.39, 0.29) is 24.6 Å². The summed E-state index contributed by atoms with van der Waals surface area (Å²) in [5.41, 5.74) is 2.83. The molecule has 32 heavy (non-hydrogen) atoms. The number of aromatic nitrogens is 2. The molecule has 1 N–H and O–H groups in total. The van der Waals surface area contributed by atoms with Crippen molar-refractivity contribution >= 4 is 23.3 Å². The van der Waals surface area contributed by atoms with Gasteiger partial charge in [0, 0.05) is 23.8 Å². The summed E-state index contributed by atoms with van der Waals surface area (Å²) in [6.45, 7) is 4.76. The Bertz CT molecular complexity index is 1070. The molecule has 2 aromatic heterocycles. The highest BCUT2D eigenvalue weighted by molar-refractivity contribution is 7.80. The summed E-state index contributed by atoms with van der Waals surface area (Å²) in [5, 5.41) is 3.86. The van der Waals surface area contributed by atoms with Gasteiger partial charge in [0.1, 0.15) is 12.3 Å². The number of ether oxygens (including phenoxy) is 2. The van der Waals surface area contributed by atoms with Gasteiger partial charge in [0.25, 0.3) is 0 Å². The monoisotopic (exact) mass is 450 g/mol. The van der Waals surface area contributed by atoms with Crippen LogP contribution in [0.1, 0.15) is 37.3 Å². The van der Waals surface area contributed by atoms with Gasteiger partial charge in [-0.3, -0.25) is 9.78 Å². The number of nitrogens with zero attached hydrogens (tertiary/aromatic N) is 3. The second-order valence-electron chi connectivity index (χ2n) is 7.29. The van der Waals surface area contributed by atoms with Gasteiger partial charge >= 0.3 is 5.97 Å². The Morgan fingerprint density at radius 1 is 1.09 bits per heavy atom. The van der Waals surface area contributed by atoms with Crippen molar-refractivity contribution in [1.29, 1.82) is 0 Å². The number of hydrogen-bond donors (Lipinski definition) is 1. The molecule has 3 aromatic rings. The Morgan fingerprint density at radius 2 is 1.91 bits per heavy atom. The van der Waals surface area contributed by atoms with E-state index in [0.29, 0.717) is 18.3 Å². The van der Waals surface area contributed by atoms with Crippen LogP contribution in [-0.2, 0) is 9.53 Å². The third-order valence-electron chi connectivity index (χ3n) is 5.31. The molecule has 0 radical (unpaired) electrons. The van der Waals surface area contributed by atoms with Crippen molar-refractivity contribution in [1.82, 2.24) is 19.8 Å². The van der Waals surface area contributed by atoms with Gasteiger partial charge in [0.2, 0.25) is 0 Å². The zero-order chi connectivity index (χ0) is 22.5. The number of esters is 1. The molecule has 8 heteroatoms. The molecular weight excluding hydrogens is 424 g/mol. The van der Waals surface area contributed by atoms with Crippen LogP contribution in [-0.4, -0.2) is 45.3 Å². The van der Waals surface area contributed by atoms with Crippen molar-refractivity contribution in [2.45, 2.75) is 25.9 Å². The van der Waals surface area contributed by atoms with Gasteiger partial charge in [0.05, 0.1) is 31.0 Å². The Balaban J connectivity index is 1.74. The molecule has 1 fully saturated rings. The smallest absolute Gasteiger partial charge is 0.325 e. The minimum atomic E-state index is -0.317. The molecule has 1 aliphatic rings. The van der Waals surface area contributed by atoms with Crippen LogP contribution < -0.4 is 10.1 Å². The second kappa shape index (κ2) is 9.82. The van der Waals surface area contributed by atoms with Gasteiger partial charge in [-0.2, -0.15) is 0 Å². The van der Waals surface area contributed by atoms with Crippen molar-refractivity contribution < 1.29 is 14.3 Å². The lowest BCUT2D eigenvalue weighted by Crippen LogP contribution is -2.36. The largest absolute Gasteiger partial charge is 0.494 e. The fourth-order valence-corrected chi connectivity index (χ4v) is 4.29. The van der Waals surface area contributed by atoms with Crippen LogP contribution in [0.2, 0.25) is 0 Å². The molecule has 2 unspecified atom stereocenters. The maximum absolute atomic E-state index is 12.4. The summed E-state index contributed by atoms with van der Waals surface area (Å²) in [6, 6.07) is 17.3. The van der Waals surface area contributed by atoms with Gasteiger partial charge in [-0.05, 0) is 74.6 Å². The predicted octanol–water partition coefficient (Wildman–Crippen LogP) is 3.81. The summed E-state index contributed by atoms with van der Waals surface area (Å²) in [6.07, 6.45) is 3.76. The van der Waals surface area contributed by atoms with Crippen molar-refractivity contribution in [3.8, 4) is 11.4 Å². The first kappa shape index (κ1) is 21.8. The van der Waals surface area contributed by atoms with Crippen molar-refractivity contribution in [2.24, 2.45) is 0 Å². The molecule has 166 valence electrons. The summed E-state index contributed by atoms with van der Waals surface area (Å²) >= 11 is 5.63. The molecule has 1 aromatic carbocycles. The first-order valence-corrected chi connectivity index (χ1v) is 11.1. The van der Waals surface area contributed by atoms with Gasteiger partial charge < -0.3 is 24.3 Å². The van der Waals surface area contributed by atoms with Crippen molar-refractivity contribution in [3.63, 3.8) is 0 Å². The Labute approximate surface area is 193 Å². The van der Waals surface area contributed by atoms with E-state index < -0.39 is 0 Å². The number of pyridine rings is 1. The van der Waals surface area contributed by atoms with E-state index in [9.17, 15) is 4.79 Å². The van der Waals surface area contributed by atoms with Crippen LogP contribution in [0.25, 0.3) is 5.69 Å². The van der Waals surface area contributed by atoms with E-state index >= 15 is 0 Å². The lowest BCUT2D eigenvalue weighted by Gasteiger charge is -2.28. The highest BCUT2D eigenvalue weighted by Crippen LogP contribution is 2.39. The average molecular weight is 451 g/mol. The minimum Gasteiger partial charge on any atom is -0.494 e. The maximum atomic E-state index is 12.4. The second-order valence-corrected chi connectivity index (χ2v) is 7.68. The van der Waals surface area contributed by atoms with E-state index in [0.717, 1.165) is 22.8 Å². The Kier molecular flexibility index (Phi) is 6.70. The van der Waals surface area contributed by atoms with Gasteiger partial charge in [0.15, 0.2) is 5.11 Å². The molecule has 3 heterocycles. The standard InChI is InChI=1S/C24H26N4O3S/c1-3-30-18-12-10-17(11-13-18)27-15-7-9-20(27)23-22(19-8-5-6-14-25-19)26-24(32)28(23)16-21(29)31-4-2/h5-15,22-23H,3-4,16H2,1-2H3,(H,26,32). The number of benzene rings is 1. The van der Waals surface area contributed by atoms with Crippen LogP contribution in [0, 0.1) is 0 Å². The topological polar surface area (TPSA) is 68.6 Å². The van der Waals surface area contributed by atoms with E-state index in [1.165, 1.54) is 0 Å². The van der Waals surface area contributed by atoms with E-state index in [1.807, 2.05) is 72.6 Å². The third-order valence-corrected chi connectivity index (χ3v) is 5.66. The first-order valence-electron chi connectivity index (χ1n) is 10.7. The summed E-state index contributed by atoms with van der Waals surface area (Å²) in [7, 11) is 0. The number of thiocarbonyl (C=S) groups is 1. The summed E-state index contributed by atoms with van der Waals surface area (Å²) in [4.78, 5) is 18.8. The molecular formula is C24H26N4O3S. The molecule has 2 atom stereocenters. The normalized spacial score (nSPS) is 17.8. The lowest BCUT2D eigenvalue weighted by atomic mass is 10.0. The van der Waals surface area contributed by atoms with Crippen LogP contribution in [0.15, 0.2) is 67.0 Å². The molecule has 7 nitrogen and oxygen atoms in total. The van der Waals surface area contributed by atoms with Gasteiger partial charge in [-0.1, -0.05) is 6.07 Å². The summed E-state index contributed by atoms with van der Waals surface area (Å²) in [5.74, 6) is 0.506. The van der Waals surface area contributed by atoms with E-state index in [1.54, 1.807) is 13.1 Å². The predicted molar refractivity (Wildman–Crippen MR) is 126 cm³/mol. The van der Waals surface area contributed by atoms with Crippen molar-refractivity contribution in [3.05, 3.63) is 78.4 Å². The number of hydrogen-bond acceptors (Lipinski definition) is 5. The molecule has 0 spiro atoms. The molecule has 1 aliphatic heterocycles. The van der Waals surface area contributed by atoms with Crippen LogP contribution in [0.3, 0.4) is 0 Å². The van der Waals surface area contributed by atoms with E-state index in [2.05, 4.69) is 14.9 Å². The van der Waals surface area contributed by atoms with Crippen LogP contribution in [0.4, 0.5) is 0 Å². The van der Waals surface area contributed by atoms with Crippen LogP contribution in [0.5, 0.6) is 5.75 Å². The highest BCUT2D eigenvalue weighted by atomic mass is 32.1. The first-order chi connectivity index (χ1) is 15.6. The fraction of sp³-hybridized carbons (Fsp3) is 0.292. The van der Waals surface area contributed by atoms with Gasteiger partial charge in [-0.15, -0.1) is 0 Å². The Hall–Kier alpha value is -3.39. The SMILES string of the molecule is CCOC(=O)CN1C(=S)NC(c2ccccn2)C1c1cccn1-c1ccc(OCC)cc1. The molecule has 0 aliphatic carbocycles. The van der Waals surface area contributed by atoms with Crippen LogP contribution >= 0.6 is 12.2 Å². The maximum Gasteiger partial charge on any atom is 0.325 e. The number of rotatable bonds is 8. The molecule has 4 rings (SSSR count). The molecule has 0 amide bonds. The zero-order valence-corrected chi connectivity index (χ0v) is 18.9. The third kappa shape index (κ3) is 4.45. The van der Waals surface area contributed by atoms with Gasteiger partial charge in [-0.25, -0.2) is 0 Å². The highest BCUT2D eigenvalue weighted by Gasteiger charge is 2.42. The molecule has 0 bridgehead atoms. The fourth-order valence-electron chi connectivity index (χ4n) is 3.98. The molecule has 0 saturated carbocycles.